The maximum Gasteiger partial charge on any atom is 0.0543 e. The lowest BCUT2D eigenvalue weighted by atomic mass is 9.94. The molecule has 1 fully saturated rings. The molecular weight excluding hydrogens is 248 g/mol. The zero-order valence-electron chi connectivity index (χ0n) is 13.5. The van der Waals surface area contributed by atoms with E-state index in [0.717, 1.165) is 19.0 Å². The Bertz CT molecular complexity index is 397. The summed E-state index contributed by atoms with van der Waals surface area (Å²) in [4.78, 5) is 2.44. The number of nitrogens with one attached hydrogen (secondary N) is 1. The lowest BCUT2D eigenvalue weighted by molar-refractivity contribution is 0.211. The van der Waals surface area contributed by atoms with Crippen LogP contribution in [-0.4, -0.2) is 41.4 Å². The second kappa shape index (κ2) is 6.72. The summed E-state index contributed by atoms with van der Waals surface area (Å²) in [6, 6.07) is 0. The van der Waals surface area contributed by atoms with E-state index in [9.17, 15) is 0 Å². The summed E-state index contributed by atoms with van der Waals surface area (Å²) < 4.78 is 2.04. The van der Waals surface area contributed by atoms with E-state index in [1.54, 1.807) is 0 Å². The van der Waals surface area contributed by atoms with Crippen molar-refractivity contribution in [1.29, 1.82) is 0 Å². The van der Waals surface area contributed by atoms with Crippen molar-refractivity contribution in [3.05, 3.63) is 18.0 Å². The Labute approximate surface area is 123 Å². The van der Waals surface area contributed by atoms with Crippen LogP contribution in [0, 0.1) is 5.92 Å². The summed E-state index contributed by atoms with van der Waals surface area (Å²) in [7, 11) is 2.22. The van der Waals surface area contributed by atoms with Crippen molar-refractivity contribution in [3.63, 3.8) is 0 Å². The predicted octanol–water partition coefficient (Wildman–Crippen LogP) is 2.46. The minimum Gasteiger partial charge on any atom is -0.313 e. The van der Waals surface area contributed by atoms with Crippen molar-refractivity contribution in [2.24, 2.45) is 5.92 Å². The first kappa shape index (κ1) is 15.5. The van der Waals surface area contributed by atoms with Gasteiger partial charge in [0.1, 0.15) is 0 Å². The van der Waals surface area contributed by atoms with Crippen LogP contribution in [0.25, 0.3) is 0 Å². The van der Waals surface area contributed by atoms with Gasteiger partial charge in [0.2, 0.25) is 0 Å². The van der Waals surface area contributed by atoms with E-state index >= 15 is 0 Å². The van der Waals surface area contributed by atoms with E-state index in [-0.39, 0.29) is 5.54 Å². The molecule has 0 aromatic carbocycles. The Kier molecular flexibility index (Phi) is 5.22. The molecular formula is C16H30N4. The molecule has 0 saturated carbocycles. The summed E-state index contributed by atoms with van der Waals surface area (Å²) in [5.41, 5.74) is 1.36. The van der Waals surface area contributed by atoms with Crippen LogP contribution in [0.4, 0.5) is 0 Å². The molecule has 0 bridgehead atoms. The molecule has 0 radical (unpaired) electrons. The van der Waals surface area contributed by atoms with Gasteiger partial charge in [0.05, 0.1) is 11.7 Å². The second-order valence-electron chi connectivity index (χ2n) is 7.18. The standard InChI is InChI=1S/C16H30N4/c1-16(2,3)20-13-15(12-18-20)11-17-8-5-14-6-9-19(4)10-7-14/h12-14,17H,5-11H2,1-4H3. The Balaban J connectivity index is 1.65. The molecule has 0 unspecified atom stereocenters. The van der Waals surface area contributed by atoms with Crippen LogP contribution in [0.3, 0.4) is 0 Å². The minimum absolute atomic E-state index is 0.0758. The number of likely N-dealkylation sites (tertiary alicyclic amines) is 1. The molecule has 1 aliphatic heterocycles. The quantitative estimate of drug-likeness (QED) is 0.840. The number of aromatic nitrogens is 2. The van der Waals surface area contributed by atoms with Gasteiger partial charge in [0, 0.05) is 18.3 Å². The molecule has 4 heteroatoms. The molecule has 1 aromatic heterocycles. The zero-order valence-corrected chi connectivity index (χ0v) is 13.5. The molecule has 114 valence electrons. The smallest absolute Gasteiger partial charge is 0.0543 e. The third-order valence-corrected chi connectivity index (χ3v) is 4.22. The van der Waals surface area contributed by atoms with E-state index in [0.29, 0.717) is 0 Å². The summed E-state index contributed by atoms with van der Waals surface area (Å²) in [6.07, 6.45) is 8.16. The molecule has 0 aliphatic carbocycles. The van der Waals surface area contributed by atoms with Crippen LogP contribution in [0.5, 0.6) is 0 Å². The highest BCUT2D eigenvalue weighted by atomic mass is 15.3. The first-order valence-electron chi connectivity index (χ1n) is 7.88. The van der Waals surface area contributed by atoms with Gasteiger partial charge in [-0.25, -0.2) is 0 Å². The van der Waals surface area contributed by atoms with Crippen LogP contribution >= 0.6 is 0 Å². The van der Waals surface area contributed by atoms with Gasteiger partial charge in [-0.05, 0) is 72.6 Å². The highest BCUT2D eigenvalue weighted by molar-refractivity contribution is 5.04. The zero-order chi connectivity index (χ0) is 14.6. The van der Waals surface area contributed by atoms with Crippen molar-refractivity contribution in [2.75, 3.05) is 26.7 Å². The third-order valence-electron chi connectivity index (χ3n) is 4.22. The van der Waals surface area contributed by atoms with Crippen LogP contribution in [-0.2, 0) is 12.1 Å². The summed E-state index contributed by atoms with van der Waals surface area (Å²) in [5.74, 6) is 0.913. The second-order valence-corrected chi connectivity index (χ2v) is 7.18. The fourth-order valence-electron chi connectivity index (χ4n) is 2.71. The van der Waals surface area contributed by atoms with Gasteiger partial charge >= 0.3 is 0 Å². The topological polar surface area (TPSA) is 33.1 Å². The Morgan fingerprint density at radius 3 is 2.60 bits per heavy atom. The minimum atomic E-state index is 0.0758. The Hall–Kier alpha value is -0.870. The normalized spacial score (nSPS) is 18.6. The molecule has 2 rings (SSSR count). The number of piperidine rings is 1. The van der Waals surface area contributed by atoms with E-state index in [1.165, 1.54) is 37.9 Å². The molecule has 1 aromatic rings. The molecule has 4 nitrogen and oxygen atoms in total. The van der Waals surface area contributed by atoms with Crippen LogP contribution in [0.1, 0.15) is 45.6 Å². The van der Waals surface area contributed by atoms with Crippen molar-refractivity contribution in [1.82, 2.24) is 20.0 Å². The fraction of sp³-hybridized carbons (Fsp3) is 0.812. The Morgan fingerprint density at radius 1 is 1.30 bits per heavy atom. The first-order chi connectivity index (χ1) is 9.45. The fourth-order valence-corrected chi connectivity index (χ4v) is 2.71. The number of hydrogen-bond acceptors (Lipinski definition) is 3. The monoisotopic (exact) mass is 278 g/mol. The van der Waals surface area contributed by atoms with E-state index in [1.807, 2.05) is 10.9 Å². The van der Waals surface area contributed by atoms with Crippen molar-refractivity contribution < 1.29 is 0 Å². The lowest BCUT2D eigenvalue weighted by Gasteiger charge is -2.28. The van der Waals surface area contributed by atoms with Crippen molar-refractivity contribution in [3.8, 4) is 0 Å². The van der Waals surface area contributed by atoms with Gasteiger partial charge in [-0.15, -0.1) is 0 Å². The molecule has 1 aliphatic rings. The van der Waals surface area contributed by atoms with Gasteiger partial charge < -0.3 is 10.2 Å². The summed E-state index contributed by atoms with van der Waals surface area (Å²) in [6.45, 7) is 11.1. The predicted molar refractivity (Wildman–Crippen MR) is 83.8 cm³/mol. The van der Waals surface area contributed by atoms with Crippen LogP contribution in [0.15, 0.2) is 12.4 Å². The van der Waals surface area contributed by atoms with Crippen LogP contribution in [0.2, 0.25) is 0 Å². The maximum absolute atomic E-state index is 4.44. The third kappa shape index (κ3) is 4.60. The SMILES string of the molecule is CN1CCC(CCNCc2cnn(C(C)(C)C)c2)CC1. The molecule has 2 heterocycles. The van der Waals surface area contributed by atoms with Gasteiger partial charge in [-0.3, -0.25) is 4.68 Å². The molecule has 0 atom stereocenters. The van der Waals surface area contributed by atoms with Gasteiger partial charge in [0.25, 0.3) is 0 Å². The Morgan fingerprint density at radius 2 is 2.00 bits per heavy atom. The van der Waals surface area contributed by atoms with E-state index in [4.69, 9.17) is 0 Å². The van der Waals surface area contributed by atoms with Crippen LogP contribution < -0.4 is 5.32 Å². The average molecular weight is 278 g/mol. The highest BCUT2D eigenvalue weighted by Gasteiger charge is 2.16. The van der Waals surface area contributed by atoms with Crippen molar-refractivity contribution >= 4 is 0 Å². The van der Waals surface area contributed by atoms with Gasteiger partial charge in [-0.1, -0.05) is 0 Å². The average Bonchev–Trinajstić information content (AvgIpc) is 2.85. The summed E-state index contributed by atoms with van der Waals surface area (Å²) in [5, 5.41) is 7.99. The number of rotatable bonds is 5. The maximum atomic E-state index is 4.44. The largest absolute Gasteiger partial charge is 0.313 e. The van der Waals surface area contributed by atoms with Gasteiger partial charge in [-0.2, -0.15) is 5.10 Å². The molecule has 0 amide bonds. The first-order valence-corrected chi connectivity index (χ1v) is 7.88. The molecule has 20 heavy (non-hydrogen) atoms. The van der Waals surface area contributed by atoms with E-state index in [2.05, 4.69) is 49.3 Å². The number of nitrogens with zero attached hydrogens (tertiary/aromatic N) is 3. The molecule has 1 N–H and O–H groups in total. The number of hydrogen-bond donors (Lipinski definition) is 1. The van der Waals surface area contributed by atoms with E-state index < -0.39 is 0 Å². The molecule has 0 spiro atoms. The lowest BCUT2D eigenvalue weighted by Crippen LogP contribution is -2.31. The van der Waals surface area contributed by atoms with Gasteiger partial charge in [0.15, 0.2) is 0 Å². The molecule has 1 saturated heterocycles. The van der Waals surface area contributed by atoms with Crippen molar-refractivity contribution in [2.45, 2.75) is 52.1 Å². The highest BCUT2D eigenvalue weighted by Crippen LogP contribution is 2.18. The summed E-state index contributed by atoms with van der Waals surface area (Å²) >= 11 is 0.